The number of benzene rings is 1. The summed E-state index contributed by atoms with van der Waals surface area (Å²) in [7, 11) is 2.84. The van der Waals surface area contributed by atoms with Crippen molar-refractivity contribution >= 4 is 5.97 Å². The lowest BCUT2D eigenvalue weighted by atomic mass is 10.1. The number of carbonyl (C=O) groups is 1. The molecule has 1 aromatic rings. The highest BCUT2D eigenvalue weighted by Crippen LogP contribution is 2.21. The Morgan fingerprint density at radius 1 is 1.35 bits per heavy atom. The number of hydrogen-bond acceptors (Lipinski definition) is 5. The van der Waals surface area contributed by atoms with Crippen LogP contribution in [0.15, 0.2) is 18.2 Å². The van der Waals surface area contributed by atoms with Gasteiger partial charge in [0.2, 0.25) is 0 Å². The van der Waals surface area contributed by atoms with Crippen LogP contribution in [0.1, 0.15) is 15.9 Å². The molecule has 0 saturated carbocycles. The van der Waals surface area contributed by atoms with Crippen molar-refractivity contribution in [2.75, 3.05) is 27.4 Å². The van der Waals surface area contributed by atoms with Crippen LogP contribution in [-0.4, -0.2) is 33.4 Å². The maximum atomic E-state index is 11.5. The van der Waals surface area contributed by atoms with Gasteiger partial charge in [-0.3, -0.25) is 0 Å². The molecule has 17 heavy (non-hydrogen) atoms. The Morgan fingerprint density at radius 2 is 2.12 bits per heavy atom. The predicted octanol–water partition coefficient (Wildman–Crippen LogP) is 1.37. The SMILES string of the molecule is COCCOc1cc(C#N)ccc1C(=O)OC. The van der Waals surface area contributed by atoms with Crippen molar-refractivity contribution in [3.8, 4) is 11.8 Å². The summed E-state index contributed by atoms with van der Waals surface area (Å²) in [6.45, 7) is 0.701. The lowest BCUT2D eigenvalue weighted by Crippen LogP contribution is -2.09. The van der Waals surface area contributed by atoms with Crippen molar-refractivity contribution < 1.29 is 19.0 Å². The normalized spacial score (nSPS) is 9.47. The van der Waals surface area contributed by atoms with E-state index < -0.39 is 5.97 Å². The van der Waals surface area contributed by atoms with Gasteiger partial charge in [0.25, 0.3) is 0 Å². The van der Waals surface area contributed by atoms with Gasteiger partial charge in [-0.25, -0.2) is 4.79 Å². The van der Waals surface area contributed by atoms with E-state index in [0.717, 1.165) is 0 Å². The average Bonchev–Trinajstić information content (AvgIpc) is 2.38. The van der Waals surface area contributed by atoms with E-state index in [1.54, 1.807) is 7.11 Å². The third-order valence-corrected chi connectivity index (χ3v) is 2.06. The molecule has 0 aliphatic carbocycles. The molecule has 0 fully saturated rings. The van der Waals surface area contributed by atoms with E-state index in [4.69, 9.17) is 14.7 Å². The van der Waals surface area contributed by atoms with Gasteiger partial charge in [0.15, 0.2) is 0 Å². The maximum absolute atomic E-state index is 11.5. The lowest BCUT2D eigenvalue weighted by molar-refractivity contribution is 0.0594. The summed E-state index contributed by atoms with van der Waals surface area (Å²) in [6.07, 6.45) is 0. The van der Waals surface area contributed by atoms with E-state index in [-0.39, 0.29) is 0 Å². The van der Waals surface area contributed by atoms with Crippen molar-refractivity contribution in [3.05, 3.63) is 29.3 Å². The topological polar surface area (TPSA) is 68.5 Å². The third-order valence-electron chi connectivity index (χ3n) is 2.06. The molecule has 0 unspecified atom stereocenters. The zero-order valence-corrected chi connectivity index (χ0v) is 9.73. The molecule has 0 radical (unpaired) electrons. The molecule has 5 nitrogen and oxygen atoms in total. The van der Waals surface area contributed by atoms with Crippen LogP contribution in [0.5, 0.6) is 5.75 Å². The molecular weight excluding hydrogens is 222 g/mol. The first-order valence-corrected chi connectivity index (χ1v) is 4.97. The quantitative estimate of drug-likeness (QED) is 0.569. The van der Waals surface area contributed by atoms with E-state index in [2.05, 4.69) is 4.74 Å². The van der Waals surface area contributed by atoms with Crippen molar-refractivity contribution in [1.29, 1.82) is 5.26 Å². The van der Waals surface area contributed by atoms with E-state index in [1.807, 2.05) is 6.07 Å². The van der Waals surface area contributed by atoms with Gasteiger partial charge in [0.1, 0.15) is 17.9 Å². The standard InChI is InChI=1S/C12H13NO4/c1-15-5-6-17-11-7-9(8-13)3-4-10(11)12(14)16-2/h3-4,7H,5-6H2,1-2H3. The Bertz CT molecular complexity index is 437. The summed E-state index contributed by atoms with van der Waals surface area (Å²) in [5, 5.41) is 8.77. The number of hydrogen-bond donors (Lipinski definition) is 0. The molecule has 0 aliphatic heterocycles. The second-order valence-electron chi connectivity index (χ2n) is 3.16. The smallest absolute Gasteiger partial charge is 0.341 e. The minimum atomic E-state index is -0.498. The molecule has 5 heteroatoms. The first-order chi connectivity index (χ1) is 8.22. The van der Waals surface area contributed by atoms with Gasteiger partial charge in [-0.05, 0) is 18.2 Å². The molecule has 0 N–H and O–H groups in total. The average molecular weight is 235 g/mol. The molecule has 0 bridgehead atoms. The monoisotopic (exact) mass is 235 g/mol. The van der Waals surface area contributed by atoms with E-state index >= 15 is 0 Å². The van der Waals surface area contributed by atoms with Crippen LogP contribution in [0.4, 0.5) is 0 Å². The van der Waals surface area contributed by atoms with Crippen LogP contribution in [0.25, 0.3) is 0 Å². The molecule has 0 atom stereocenters. The number of methoxy groups -OCH3 is 2. The maximum Gasteiger partial charge on any atom is 0.341 e. The number of rotatable bonds is 5. The van der Waals surface area contributed by atoms with Crippen molar-refractivity contribution in [3.63, 3.8) is 0 Å². The summed E-state index contributed by atoms with van der Waals surface area (Å²) in [4.78, 5) is 11.5. The minimum Gasteiger partial charge on any atom is -0.490 e. The Labute approximate surface area is 99.5 Å². The summed E-state index contributed by atoms with van der Waals surface area (Å²) in [5.41, 5.74) is 0.715. The second kappa shape index (κ2) is 6.51. The Kier molecular flexibility index (Phi) is 4.98. The molecule has 0 amide bonds. The van der Waals surface area contributed by atoms with Gasteiger partial charge in [0, 0.05) is 7.11 Å². The summed E-state index contributed by atoms with van der Waals surface area (Å²) in [6, 6.07) is 6.52. The number of nitriles is 1. The zero-order chi connectivity index (χ0) is 12.7. The van der Waals surface area contributed by atoms with Crippen molar-refractivity contribution in [2.45, 2.75) is 0 Å². The molecule has 90 valence electrons. The van der Waals surface area contributed by atoms with Crippen LogP contribution in [0.2, 0.25) is 0 Å². The Hall–Kier alpha value is -2.06. The highest BCUT2D eigenvalue weighted by atomic mass is 16.5. The van der Waals surface area contributed by atoms with Gasteiger partial charge in [-0.1, -0.05) is 0 Å². The molecule has 0 heterocycles. The highest BCUT2D eigenvalue weighted by Gasteiger charge is 2.13. The zero-order valence-electron chi connectivity index (χ0n) is 9.73. The van der Waals surface area contributed by atoms with Gasteiger partial charge in [-0.15, -0.1) is 0 Å². The van der Waals surface area contributed by atoms with Crippen LogP contribution < -0.4 is 4.74 Å². The number of carbonyl (C=O) groups excluding carboxylic acids is 1. The highest BCUT2D eigenvalue weighted by molar-refractivity contribution is 5.92. The molecule has 1 aromatic carbocycles. The third kappa shape index (κ3) is 3.47. The fraction of sp³-hybridized carbons (Fsp3) is 0.333. The summed E-state index contributed by atoms with van der Waals surface area (Å²) >= 11 is 0. The summed E-state index contributed by atoms with van der Waals surface area (Å²) in [5.74, 6) is -0.171. The molecular formula is C12H13NO4. The van der Waals surface area contributed by atoms with Crippen molar-refractivity contribution in [1.82, 2.24) is 0 Å². The Morgan fingerprint density at radius 3 is 2.71 bits per heavy atom. The van der Waals surface area contributed by atoms with Crippen LogP contribution in [0.3, 0.4) is 0 Å². The molecule has 0 aliphatic rings. The van der Waals surface area contributed by atoms with Crippen molar-refractivity contribution in [2.24, 2.45) is 0 Å². The predicted molar refractivity (Wildman–Crippen MR) is 59.9 cm³/mol. The number of esters is 1. The van der Waals surface area contributed by atoms with Gasteiger partial charge in [-0.2, -0.15) is 5.26 Å². The number of ether oxygens (including phenoxy) is 3. The summed E-state index contributed by atoms with van der Waals surface area (Å²) < 4.78 is 14.8. The molecule has 0 spiro atoms. The molecule has 0 saturated heterocycles. The van der Waals surface area contributed by atoms with Gasteiger partial charge >= 0.3 is 5.97 Å². The van der Waals surface area contributed by atoms with Crippen LogP contribution in [-0.2, 0) is 9.47 Å². The van der Waals surface area contributed by atoms with Crippen LogP contribution >= 0.6 is 0 Å². The number of nitrogens with zero attached hydrogens (tertiary/aromatic N) is 1. The minimum absolute atomic E-state index is 0.294. The largest absolute Gasteiger partial charge is 0.490 e. The fourth-order valence-corrected chi connectivity index (χ4v) is 1.22. The van der Waals surface area contributed by atoms with E-state index in [1.165, 1.54) is 25.3 Å². The molecule has 1 rings (SSSR count). The first kappa shape index (κ1) is 13.0. The Balaban J connectivity index is 2.95. The second-order valence-corrected chi connectivity index (χ2v) is 3.16. The lowest BCUT2D eigenvalue weighted by Gasteiger charge is -2.10. The first-order valence-electron chi connectivity index (χ1n) is 4.97. The van der Waals surface area contributed by atoms with Crippen LogP contribution in [0, 0.1) is 11.3 Å². The molecule has 0 aromatic heterocycles. The van der Waals surface area contributed by atoms with Gasteiger partial charge < -0.3 is 14.2 Å². The van der Waals surface area contributed by atoms with E-state index in [9.17, 15) is 4.79 Å². The van der Waals surface area contributed by atoms with Gasteiger partial charge in [0.05, 0.1) is 25.3 Å². The van der Waals surface area contributed by atoms with E-state index in [0.29, 0.717) is 30.1 Å². The fourth-order valence-electron chi connectivity index (χ4n) is 1.22.